The van der Waals surface area contributed by atoms with Crippen molar-refractivity contribution in [2.75, 3.05) is 25.0 Å². The monoisotopic (exact) mass is 287 g/mol. The molecule has 0 saturated heterocycles. The van der Waals surface area contributed by atoms with Gasteiger partial charge in [-0.05, 0) is 11.6 Å². The predicted molar refractivity (Wildman–Crippen MR) is 77.0 cm³/mol. The normalized spacial score (nSPS) is 16.2. The van der Waals surface area contributed by atoms with Gasteiger partial charge in [-0.1, -0.05) is 18.2 Å². The number of nitrogens with zero attached hydrogens (tertiary/aromatic N) is 3. The van der Waals surface area contributed by atoms with Crippen LogP contribution in [0.25, 0.3) is 0 Å². The minimum Gasteiger partial charge on any atom is -0.481 e. The third kappa shape index (κ3) is 3.14. The summed E-state index contributed by atoms with van der Waals surface area (Å²) < 4.78 is 0. The van der Waals surface area contributed by atoms with E-state index in [1.54, 1.807) is 11.9 Å². The van der Waals surface area contributed by atoms with Gasteiger partial charge in [-0.15, -0.1) is 0 Å². The summed E-state index contributed by atoms with van der Waals surface area (Å²) in [4.78, 5) is 26.5. The van der Waals surface area contributed by atoms with E-state index in [0.717, 1.165) is 11.3 Å². The SMILES string of the molecule is CN(CCC#N)C(=O)N1CC(CC(=O)O)c2ccccc21. The fourth-order valence-electron chi connectivity index (χ4n) is 2.58. The Morgan fingerprint density at radius 3 is 2.86 bits per heavy atom. The van der Waals surface area contributed by atoms with E-state index >= 15 is 0 Å². The Labute approximate surface area is 123 Å². The molecule has 0 fully saturated rings. The number of carboxylic acids is 1. The zero-order valence-electron chi connectivity index (χ0n) is 11.8. The molecule has 1 N–H and O–H groups in total. The number of nitriles is 1. The minimum absolute atomic E-state index is 0.00268. The number of amides is 2. The van der Waals surface area contributed by atoms with Crippen molar-refractivity contribution in [1.29, 1.82) is 5.26 Å². The topological polar surface area (TPSA) is 84.6 Å². The summed E-state index contributed by atoms with van der Waals surface area (Å²) in [7, 11) is 1.65. The zero-order chi connectivity index (χ0) is 15.4. The Kier molecular flexibility index (Phi) is 4.43. The van der Waals surface area contributed by atoms with E-state index in [1.165, 1.54) is 4.90 Å². The fourth-order valence-corrected chi connectivity index (χ4v) is 2.58. The van der Waals surface area contributed by atoms with Gasteiger partial charge in [0.1, 0.15) is 0 Å². The second kappa shape index (κ2) is 6.27. The Balaban J connectivity index is 2.20. The van der Waals surface area contributed by atoms with Crippen molar-refractivity contribution < 1.29 is 14.7 Å². The van der Waals surface area contributed by atoms with Gasteiger partial charge in [0, 0.05) is 31.7 Å². The van der Waals surface area contributed by atoms with Gasteiger partial charge >= 0.3 is 12.0 Å². The summed E-state index contributed by atoms with van der Waals surface area (Å²) in [6.45, 7) is 0.721. The van der Waals surface area contributed by atoms with E-state index in [2.05, 4.69) is 0 Å². The summed E-state index contributed by atoms with van der Waals surface area (Å²) in [5.74, 6) is -1.06. The summed E-state index contributed by atoms with van der Waals surface area (Å²) >= 11 is 0. The highest BCUT2D eigenvalue weighted by molar-refractivity contribution is 5.95. The van der Waals surface area contributed by atoms with Gasteiger partial charge < -0.3 is 10.0 Å². The van der Waals surface area contributed by atoms with E-state index in [1.807, 2.05) is 30.3 Å². The van der Waals surface area contributed by atoms with Crippen LogP contribution in [-0.4, -0.2) is 42.1 Å². The third-order valence-corrected chi connectivity index (χ3v) is 3.61. The molecule has 6 nitrogen and oxygen atoms in total. The molecule has 0 aromatic heterocycles. The van der Waals surface area contributed by atoms with Gasteiger partial charge in [-0.2, -0.15) is 5.26 Å². The van der Waals surface area contributed by atoms with Crippen molar-refractivity contribution in [3.63, 3.8) is 0 Å². The van der Waals surface area contributed by atoms with Crippen LogP contribution in [-0.2, 0) is 4.79 Å². The minimum atomic E-state index is -0.873. The van der Waals surface area contributed by atoms with Crippen LogP contribution in [0.3, 0.4) is 0 Å². The highest BCUT2D eigenvalue weighted by Gasteiger charge is 2.34. The van der Waals surface area contributed by atoms with Gasteiger partial charge in [0.2, 0.25) is 0 Å². The number of hydrogen-bond donors (Lipinski definition) is 1. The van der Waals surface area contributed by atoms with E-state index in [-0.39, 0.29) is 24.8 Å². The van der Waals surface area contributed by atoms with E-state index in [0.29, 0.717) is 13.1 Å². The molecule has 0 spiro atoms. The predicted octanol–water partition coefficient (Wildman–Crippen LogP) is 2.03. The van der Waals surface area contributed by atoms with Crippen LogP contribution in [0.2, 0.25) is 0 Å². The van der Waals surface area contributed by atoms with Crippen molar-refractivity contribution in [2.45, 2.75) is 18.8 Å². The van der Waals surface area contributed by atoms with E-state index in [9.17, 15) is 9.59 Å². The number of carbonyl (C=O) groups excluding carboxylic acids is 1. The molecule has 1 heterocycles. The number of carbonyl (C=O) groups is 2. The quantitative estimate of drug-likeness (QED) is 0.918. The number of para-hydroxylation sites is 1. The summed E-state index contributed by atoms with van der Waals surface area (Å²) in [6, 6.07) is 9.18. The second-order valence-corrected chi connectivity index (χ2v) is 5.08. The zero-order valence-corrected chi connectivity index (χ0v) is 11.8. The molecule has 0 aliphatic carbocycles. The Bertz CT molecular complexity index is 594. The van der Waals surface area contributed by atoms with Crippen LogP contribution in [0.15, 0.2) is 24.3 Å². The third-order valence-electron chi connectivity index (χ3n) is 3.61. The van der Waals surface area contributed by atoms with E-state index in [4.69, 9.17) is 10.4 Å². The Morgan fingerprint density at radius 1 is 1.48 bits per heavy atom. The standard InChI is InChI=1S/C15H17N3O3/c1-17(8-4-7-16)15(21)18-10-11(9-14(19)20)12-5-2-3-6-13(12)18/h2-3,5-6,11H,4,8-10H2,1H3,(H,19,20). The summed E-state index contributed by atoms with van der Waals surface area (Å²) in [5, 5.41) is 17.6. The van der Waals surface area contributed by atoms with Crippen LogP contribution in [0.5, 0.6) is 0 Å². The molecule has 1 aromatic carbocycles. The smallest absolute Gasteiger partial charge is 0.324 e. The maximum Gasteiger partial charge on any atom is 0.324 e. The maximum absolute atomic E-state index is 12.4. The molecule has 6 heteroatoms. The lowest BCUT2D eigenvalue weighted by molar-refractivity contribution is -0.137. The lowest BCUT2D eigenvalue weighted by atomic mass is 9.98. The maximum atomic E-state index is 12.4. The average Bonchev–Trinajstić information content (AvgIpc) is 2.82. The van der Waals surface area contributed by atoms with Crippen molar-refractivity contribution >= 4 is 17.7 Å². The van der Waals surface area contributed by atoms with Crippen molar-refractivity contribution in [3.05, 3.63) is 29.8 Å². The van der Waals surface area contributed by atoms with Crippen molar-refractivity contribution in [3.8, 4) is 6.07 Å². The first-order chi connectivity index (χ1) is 10.0. The molecule has 0 radical (unpaired) electrons. The lowest BCUT2D eigenvalue weighted by Gasteiger charge is -2.24. The molecular weight excluding hydrogens is 270 g/mol. The molecule has 2 amide bonds. The van der Waals surface area contributed by atoms with Gasteiger partial charge in [0.15, 0.2) is 0 Å². The average molecular weight is 287 g/mol. The number of anilines is 1. The molecule has 1 unspecified atom stereocenters. The number of rotatable bonds is 4. The molecule has 1 aliphatic rings. The fraction of sp³-hybridized carbons (Fsp3) is 0.400. The van der Waals surface area contributed by atoms with Gasteiger partial charge in [0.25, 0.3) is 0 Å². The van der Waals surface area contributed by atoms with Crippen LogP contribution < -0.4 is 4.90 Å². The molecule has 0 saturated carbocycles. The molecule has 0 bridgehead atoms. The number of benzene rings is 1. The van der Waals surface area contributed by atoms with Gasteiger partial charge in [-0.3, -0.25) is 9.69 Å². The van der Waals surface area contributed by atoms with Gasteiger partial charge in [0.05, 0.1) is 18.9 Å². The Morgan fingerprint density at radius 2 is 2.19 bits per heavy atom. The second-order valence-electron chi connectivity index (χ2n) is 5.08. The molecule has 1 aromatic rings. The molecule has 21 heavy (non-hydrogen) atoms. The van der Waals surface area contributed by atoms with Crippen molar-refractivity contribution in [2.24, 2.45) is 0 Å². The first-order valence-corrected chi connectivity index (χ1v) is 6.75. The first kappa shape index (κ1) is 14.9. The number of fused-ring (bicyclic) bond motifs is 1. The molecule has 2 rings (SSSR count). The molecule has 1 atom stereocenters. The highest BCUT2D eigenvalue weighted by Crippen LogP contribution is 2.38. The summed E-state index contributed by atoms with van der Waals surface area (Å²) in [6.07, 6.45) is 0.277. The molecule has 1 aliphatic heterocycles. The lowest BCUT2D eigenvalue weighted by Crippen LogP contribution is -2.41. The highest BCUT2D eigenvalue weighted by atomic mass is 16.4. The van der Waals surface area contributed by atoms with Crippen LogP contribution in [0.4, 0.5) is 10.5 Å². The van der Waals surface area contributed by atoms with E-state index < -0.39 is 5.97 Å². The van der Waals surface area contributed by atoms with Crippen LogP contribution in [0, 0.1) is 11.3 Å². The molecule has 110 valence electrons. The number of carboxylic acid groups (broad SMARTS) is 1. The summed E-state index contributed by atoms with van der Waals surface area (Å²) in [5.41, 5.74) is 1.65. The first-order valence-electron chi connectivity index (χ1n) is 6.75. The number of hydrogen-bond acceptors (Lipinski definition) is 3. The van der Waals surface area contributed by atoms with Crippen molar-refractivity contribution in [1.82, 2.24) is 4.90 Å². The Hall–Kier alpha value is -2.55. The van der Waals surface area contributed by atoms with Crippen LogP contribution in [0.1, 0.15) is 24.3 Å². The van der Waals surface area contributed by atoms with Crippen LogP contribution >= 0.6 is 0 Å². The van der Waals surface area contributed by atoms with Gasteiger partial charge in [-0.25, -0.2) is 4.79 Å². The number of urea groups is 1. The molecular formula is C15H17N3O3. The number of aliphatic carboxylic acids is 1. The largest absolute Gasteiger partial charge is 0.481 e.